The van der Waals surface area contributed by atoms with E-state index in [0.717, 1.165) is 5.52 Å². The van der Waals surface area contributed by atoms with E-state index in [4.69, 9.17) is 0 Å². The second-order valence-corrected chi connectivity index (χ2v) is 6.61. The van der Waals surface area contributed by atoms with Crippen LogP contribution in [-0.4, -0.2) is 53.6 Å². The van der Waals surface area contributed by atoms with E-state index >= 15 is 0 Å². The van der Waals surface area contributed by atoms with Gasteiger partial charge in [-0.1, -0.05) is 6.92 Å². The van der Waals surface area contributed by atoms with Gasteiger partial charge in [-0.15, -0.1) is 0 Å². The van der Waals surface area contributed by atoms with Crippen LogP contribution >= 0.6 is 0 Å². The van der Waals surface area contributed by atoms with E-state index in [1.807, 2.05) is 19.1 Å². The normalized spacial score (nSPS) is 12.0. The molecule has 21 heavy (non-hydrogen) atoms. The molecule has 2 aromatic rings. The van der Waals surface area contributed by atoms with Crippen molar-refractivity contribution >= 4 is 27.0 Å². The summed E-state index contributed by atoms with van der Waals surface area (Å²) in [5.74, 6) is 0.713. The largest absolute Gasteiger partial charge is 0.370 e. The molecule has 2 heterocycles. The minimum absolute atomic E-state index is 0.489. The molecule has 0 atom stereocenters. The number of pyridine rings is 1. The number of rotatable bonds is 7. The molecule has 2 rings (SSSR count). The Bertz CT molecular complexity index is 705. The number of sulfonamides is 1. The molecule has 114 valence electrons. The van der Waals surface area contributed by atoms with Gasteiger partial charge in [-0.05, 0) is 18.6 Å². The predicted octanol–water partition coefficient (Wildman–Crippen LogP) is 1.11. The average molecular weight is 309 g/mol. The lowest BCUT2D eigenvalue weighted by atomic mass is 10.3. The molecular weight excluding hydrogens is 290 g/mol. The molecule has 0 radical (unpaired) electrons. The highest BCUT2D eigenvalue weighted by Crippen LogP contribution is 2.10. The van der Waals surface area contributed by atoms with E-state index < -0.39 is 10.0 Å². The van der Waals surface area contributed by atoms with Crippen LogP contribution in [0.25, 0.3) is 11.2 Å². The SMILES string of the molecule is CCN(CCCNc1ccc2nccnc2n1)S(C)(=O)=O. The van der Waals surface area contributed by atoms with E-state index in [1.165, 1.54) is 10.6 Å². The third kappa shape index (κ3) is 4.33. The maximum atomic E-state index is 11.5. The van der Waals surface area contributed by atoms with Crippen molar-refractivity contribution in [2.75, 3.05) is 31.2 Å². The van der Waals surface area contributed by atoms with Crippen LogP contribution < -0.4 is 5.32 Å². The Morgan fingerprint density at radius 1 is 1.24 bits per heavy atom. The number of fused-ring (bicyclic) bond motifs is 1. The van der Waals surface area contributed by atoms with E-state index in [2.05, 4.69) is 20.3 Å². The fourth-order valence-corrected chi connectivity index (χ4v) is 2.91. The highest BCUT2D eigenvalue weighted by molar-refractivity contribution is 7.88. The summed E-state index contributed by atoms with van der Waals surface area (Å²) in [7, 11) is -3.12. The van der Waals surface area contributed by atoms with Crippen LogP contribution in [0.1, 0.15) is 13.3 Å². The Morgan fingerprint density at radius 3 is 2.71 bits per heavy atom. The monoisotopic (exact) mass is 309 g/mol. The van der Waals surface area contributed by atoms with Crippen molar-refractivity contribution < 1.29 is 8.42 Å². The number of anilines is 1. The summed E-state index contributed by atoms with van der Waals surface area (Å²) in [6.45, 7) is 3.46. The Hall–Kier alpha value is -1.80. The van der Waals surface area contributed by atoms with Crippen molar-refractivity contribution in [3.8, 4) is 0 Å². The Labute approximate surface area is 124 Å². The minimum Gasteiger partial charge on any atom is -0.370 e. The van der Waals surface area contributed by atoms with Gasteiger partial charge < -0.3 is 5.32 Å². The number of aromatic nitrogens is 3. The number of hydrogen-bond donors (Lipinski definition) is 1. The summed E-state index contributed by atoms with van der Waals surface area (Å²) < 4.78 is 24.4. The molecule has 0 fully saturated rings. The zero-order valence-corrected chi connectivity index (χ0v) is 13.0. The standard InChI is InChI=1S/C13H19N5O2S/c1-3-18(21(2,19)20)10-4-7-15-12-6-5-11-13(17-12)16-9-8-14-11/h5-6,8-9H,3-4,7,10H2,1-2H3,(H,15,16,17). The van der Waals surface area contributed by atoms with Gasteiger partial charge in [0.1, 0.15) is 11.3 Å². The third-order valence-electron chi connectivity index (χ3n) is 3.04. The van der Waals surface area contributed by atoms with Crippen molar-refractivity contribution in [1.29, 1.82) is 0 Å². The number of nitrogens with one attached hydrogen (secondary N) is 1. The second kappa shape index (κ2) is 6.77. The van der Waals surface area contributed by atoms with Crippen molar-refractivity contribution in [3.63, 3.8) is 0 Å². The van der Waals surface area contributed by atoms with Gasteiger partial charge in [0, 0.05) is 32.0 Å². The summed E-state index contributed by atoms with van der Waals surface area (Å²) in [4.78, 5) is 12.6. The Kier molecular flexibility index (Phi) is 5.03. The first-order valence-corrected chi connectivity index (χ1v) is 8.62. The topological polar surface area (TPSA) is 88.1 Å². The molecule has 1 N–H and O–H groups in total. The summed E-state index contributed by atoms with van der Waals surface area (Å²) in [5, 5.41) is 3.17. The van der Waals surface area contributed by atoms with Crippen LogP contribution in [0.5, 0.6) is 0 Å². The zero-order valence-electron chi connectivity index (χ0n) is 12.2. The van der Waals surface area contributed by atoms with Gasteiger partial charge >= 0.3 is 0 Å². The molecule has 0 aromatic carbocycles. The highest BCUT2D eigenvalue weighted by atomic mass is 32.2. The van der Waals surface area contributed by atoms with Crippen LogP contribution in [0, 0.1) is 0 Å². The van der Waals surface area contributed by atoms with Crippen molar-refractivity contribution in [2.24, 2.45) is 0 Å². The quantitative estimate of drug-likeness (QED) is 0.771. The molecule has 7 nitrogen and oxygen atoms in total. The van der Waals surface area contributed by atoms with Crippen LogP contribution in [0.3, 0.4) is 0 Å². The van der Waals surface area contributed by atoms with Crippen LogP contribution in [0.4, 0.5) is 5.82 Å². The van der Waals surface area contributed by atoms with Crippen LogP contribution in [0.15, 0.2) is 24.5 Å². The predicted molar refractivity (Wildman–Crippen MR) is 82.5 cm³/mol. The first-order chi connectivity index (χ1) is 10.0. The molecule has 0 aliphatic heterocycles. The minimum atomic E-state index is -3.12. The molecule has 2 aromatic heterocycles. The second-order valence-electron chi connectivity index (χ2n) is 4.63. The van der Waals surface area contributed by atoms with Crippen LogP contribution in [0.2, 0.25) is 0 Å². The first kappa shape index (κ1) is 15.6. The molecule has 8 heteroatoms. The molecule has 0 saturated heterocycles. The Morgan fingerprint density at radius 2 is 2.00 bits per heavy atom. The third-order valence-corrected chi connectivity index (χ3v) is 4.42. The van der Waals surface area contributed by atoms with Gasteiger partial charge in [-0.25, -0.2) is 22.7 Å². The molecule has 0 aliphatic rings. The maximum absolute atomic E-state index is 11.5. The molecular formula is C13H19N5O2S. The highest BCUT2D eigenvalue weighted by Gasteiger charge is 2.13. The fraction of sp³-hybridized carbons (Fsp3) is 0.462. The summed E-state index contributed by atoms with van der Waals surface area (Å²) in [6.07, 6.45) is 5.17. The Balaban J connectivity index is 1.87. The first-order valence-electron chi connectivity index (χ1n) is 6.77. The van der Waals surface area contributed by atoms with Crippen LogP contribution in [-0.2, 0) is 10.0 Å². The van der Waals surface area contributed by atoms with E-state index in [9.17, 15) is 8.42 Å². The van der Waals surface area contributed by atoms with Gasteiger partial charge in [-0.3, -0.25) is 4.98 Å². The molecule has 0 bridgehead atoms. The fourth-order valence-electron chi connectivity index (χ4n) is 1.98. The average Bonchev–Trinajstić information content (AvgIpc) is 2.45. The lowest BCUT2D eigenvalue weighted by Gasteiger charge is -2.17. The number of hydrogen-bond acceptors (Lipinski definition) is 6. The van der Waals surface area contributed by atoms with Crippen molar-refractivity contribution in [2.45, 2.75) is 13.3 Å². The van der Waals surface area contributed by atoms with E-state index in [-0.39, 0.29) is 0 Å². The molecule has 0 amide bonds. The van der Waals surface area contributed by atoms with Crippen molar-refractivity contribution in [1.82, 2.24) is 19.3 Å². The summed E-state index contributed by atoms with van der Waals surface area (Å²) >= 11 is 0. The maximum Gasteiger partial charge on any atom is 0.211 e. The van der Waals surface area contributed by atoms with E-state index in [0.29, 0.717) is 37.5 Å². The van der Waals surface area contributed by atoms with Gasteiger partial charge in [0.2, 0.25) is 10.0 Å². The smallest absolute Gasteiger partial charge is 0.211 e. The molecule has 0 unspecified atom stereocenters. The van der Waals surface area contributed by atoms with Gasteiger partial charge in [0.05, 0.1) is 6.26 Å². The summed E-state index contributed by atoms with van der Waals surface area (Å²) in [5.41, 5.74) is 1.34. The zero-order chi connectivity index (χ0) is 15.3. The summed E-state index contributed by atoms with van der Waals surface area (Å²) in [6, 6.07) is 3.69. The lowest BCUT2D eigenvalue weighted by molar-refractivity contribution is 0.428. The molecule has 0 aliphatic carbocycles. The van der Waals surface area contributed by atoms with Crippen molar-refractivity contribution in [3.05, 3.63) is 24.5 Å². The van der Waals surface area contributed by atoms with E-state index in [1.54, 1.807) is 12.4 Å². The van der Waals surface area contributed by atoms with Gasteiger partial charge in [0.25, 0.3) is 0 Å². The van der Waals surface area contributed by atoms with Gasteiger partial charge in [-0.2, -0.15) is 0 Å². The molecule has 0 saturated carbocycles. The number of nitrogens with zero attached hydrogens (tertiary/aromatic N) is 4. The lowest BCUT2D eigenvalue weighted by Crippen LogP contribution is -2.31. The molecule has 0 spiro atoms. The van der Waals surface area contributed by atoms with Gasteiger partial charge in [0.15, 0.2) is 5.65 Å².